The average molecular weight is 490 g/mol. The van der Waals surface area contributed by atoms with E-state index in [1.165, 1.54) is 4.31 Å². The quantitative estimate of drug-likeness (QED) is 0.491. The SMILES string of the molecule is O=S(=O)(c1ccc(Cl)cc1)N1CCN(Cn2nc(C3CC3)n(-c3ccccc3)c2=S)CC1. The Balaban J connectivity index is 1.31. The Morgan fingerprint density at radius 3 is 2.25 bits per heavy atom. The van der Waals surface area contributed by atoms with Crippen LogP contribution in [0.3, 0.4) is 0 Å². The largest absolute Gasteiger partial charge is 0.282 e. The highest BCUT2D eigenvalue weighted by atomic mass is 35.5. The summed E-state index contributed by atoms with van der Waals surface area (Å²) in [5.74, 6) is 1.48. The van der Waals surface area contributed by atoms with Crippen molar-refractivity contribution in [1.29, 1.82) is 0 Å². The summed E-state index contributed by atoms with van der Waals surface area (Å²) >= 11 is 11.7. The zero-order valence-electron chi connectivity index (χ0n) is 17.5. The van der Waals surface area contributed by atoms with E-state index >= 15 is 0 Å². The third-order valence-electron chi connectivity index (χ3n) is 5.94. The lowest BCUT2D eigenvalue weighted by atomic mass is 10.3. The highest BCUT2D eigenvalue weighted by Crippen LogP contribution is 2.40. The molecule has 2 aromatic carbocycles. The lowest BCUT2D eigenvalue weighted by Gasteiger charge is -2.33. The van der Waals surface area contributed by atoms with Crippen molar-refractivity contribution in [1.82, 2.24) is 23.6 Å². The molecule has 2 fully saturated rings. The fourth-order valence-corrected chi connectivity index (χ4v) is 5.84. The van der Waals surface area contributed by atoms with Crippen LogP contribution in [0.15, 0.2) is 59.5 Å². The Kier molecular flexibility index (Phi) is 5.94. The lowest BCUT2D eigenvalue weighted by molar-refractivity contribution is 0.144. The number of aromatic nitrogens is 3. The van der Waals surface area contributed by atoms with Crippen molar-refractivity contribution in [2.75, 3.05) is 26.2 Å². The van der Waals surface area contributed by atoms with Gasteiger partial charge in [-0.2, -0.15) is 9.40 Å². The smallest absolute Gasteiger partial charge is 0.243 e. The van der Waals surface area contributed by atoms with Crippen LogP contribution in [0.4, 0.5) is 0 Å². The third-order valence-corrected chi connectivity index (χ3v) is 8.50. The highest BCUT2D eigenvalue weighted by molar-refractivity contribution is 7.89. The van der Waals surface area contributed by atoms with Gasteiger partial charge in [0.25, 0.3) is 0 Å². The Morgan fingerprint density at radius 2 is 1.62 bits per heavy atom. The first-order chi connectivity index (χ1) is 15.4. The second kappa shape index (κ2) is 8.72. The van der Waals surface area contributed by atoms with Crippen LogP contribution in [0, 0.1) is 4.77 Å². The van der Waals surface area contributed by atoms with Crippen molar-refractivity contribution >= 4 is 33.8 Å². The summed E-state index contributed by atoms with van der Waals surface area (Å²) < 4.78 is 32.0. The minimum atomic E-state index is -3.52. The predicted molar refractivity (Wildman–Crippen MR) is 126 cm³/mol. The summed E-state index contributed by atoms with van der Waals surface area (Å²) in [6.45, 7) is 2.63. The number of benzene rings is 2. The number of hydrogen-bond donors (Lipinski definition) is 0. The molecule has 0 unspecified atom stereocenters. The van der Waals surface area contributed by atoms with Gasteiger partial charge in [0.05, 0.1) is 11.6 Å². The number of halogens is 1. The summed E-state index contributed by atoms with van der Waals surface area (Å²) in [5.41, 5.74) is 1.03. The Morgan fingerprint density at radius 1 is 0.969 bits per heavy atom. The minimum absolute atomic E-state index is 0.272. The summed E-state index contributed by atoms with van der Waals surface area (Å²) in [4.78, 5) is 2.47. The summed E-state index contributed by atoms with van der Waals surface area (Å²) in [7, 11) is -3.52. The van der Waals surface area contributed by atoms with E-state index in [1.807, 2.05) is 35.0 Å². The normalized spacial score (nSPS) is 18.2. The number of hydrogen-bond acceptors (Lipinski definition) is 5. The highest BCUT2D eigenvalue weighted by Gasteiger charge is 2.32. The van der Waals surface area contributed by atoms with Gasteiger partial charge in [-0.1, -0.05) is 29.8 Å². The van der Waals surface area contributed by atoms with Crippen molar-refractivity contribution in [3.05, 3.63) is 70.2 Å². The van der Waals surface area contributed by atoms with Gasteiger partial charge in [-0.25, -0.2) is 13.1 Å². The molecule has 32 heavy (non-hydrogen) atoms. The molecule has 1 aromatic heterocycles. The molecule has 168 valence electrons. The first kappa shape index (κ1) is 21.8. The van der Waals surface area contributed by atoms with E-state index in [-0.39, 0.29) is 4.90 Å². The number of sulfonamides is 1. The molecule has 1 aliphatic heterocycles. The number of nitrogens with zero attached hydrogens (tertiary/aromatic N) is 5. The van der Waals surface area contributed by atoms with Crippen LogP contribution in [0.1, 0.15) is 24.6 Å². The molecule has 1 saturated heterocycles. The standard InChI is InChI=1S/C22H24ClN5O2S2/c23-18-8-10-20(11-9-18)32(29,30)26-14-12-25(13-15-26)16-27-22(31)28(19-4-2-1-3-5-19)21(24-27)17-6-7-17/h1-5,8-11,17H,6-7,12-16H2. The molecular formula is C22H24ClN5O2S2. The number of para-hydroxylation sites is 1. The van der Waals surface area contributed by atoms with Crippen LogP contribution in [0.2, 0.25) is 5.02 Å². The monoisotopic (exact) mass is 489 g/mol. The van der Waals surface area contributed by atoms with E-state index in [2.05, 4.69) is 9.47 Å². The molecule has 0 amide bonds. The van der Waals surface area contributed by atoms with Gasteiger partial charge in [0, 0.05) is 42.8 Å². The van der Waals surface area contributed by atoms with Crippen LogP contribution in [0.5, 0.6) is 0 Å². The van der Waals surface area contributed by atoms with Gasteiger partial charge in [-0.05, 0) is 61.5 Å². The summed E-state index contributed by atoms with van der Waals surface area (Å²) in [6.07, 6.45) is 2.28. The van der Waals surface area contributed by atoms with E-state index in [0.29, 0.717) is 48.6 Å². The summed E-state index contributed by atoms with van der Waals surface area (Å²) in [6, 6.07) is 16.4. The maximum atomic E-state index is 12.9. The molecule has 3 aromatic rings. The van der Waals surface area contributed by atoms with Crippen LogP contribution in [-0.4, -0.2) is 58.1 Å². The molecule has 5 rings (SSSR count). The zero-order valence-corrected chi connectivity index (χ0v) is 19.9. The Hall–Kier alpha value is -2.04. The topological polar surface area (TPSA) is 63.4 Å². The second-order valence-electron chi connectivity index (χ2n) is 8.20. The van der Waals surface area contributed by atoms with E-state index in [0.717, 1.165) is 24.4 Å². The Bertz CT molecular complexity index is 1260. The lowest BCUT2D eigenvalue weighted by Crippen LogP contribution is -2.48. The Labute approximate surface area is 197 Å². The molecule has 0 bridgehead atoms. The number of rotatable bonds is 6. The van der Waals surface area contributed by atoms with Gasteiger partial charge in [0.15, 0.2) is 0 Å². The van der Waals surface area contributed by atoms with Crippen LogP contribution >= 0.6 is 23.8 Å². The van der Waals surface area contributed by atoms with Gasteiger partial charge in [-0.15, -0.1) is 0 Å². The van der Waals surface area contributed by atoms with Crippen molar-refractivity contribution in [3.63, 3.8) is 0 Å². The van der Waals surface area contributed by atoms with Gasteiger partial charge in [0.2, 0.25) is 14.8 Å². The molecule has 2 heterocycles. The molecular weight excluding hydrogens is 466 g/mol. The van der Waals surface area contributed by atoms with Gasteiger partial charge >= 0.3 is 0 Å². The molecule has 1 aliphatic carbocycles. The maximum Gasteiger partial charge on any atom is 0.243 e. The first-order valence-corrected chi connectivity index (χ1v) is 12.9. The van der Waals surface area contributed by atoms with E-state index < -0.39 is 10.0 Å². The first-order valence-electron chi connectivity index (χ1n) is 10.7. The summed E-state index contributed by atoms with van der Waals surface area (Å²) in [5, 5.41) is 5.37. The molecule has 10 heteroatoms. The van der Waals surface area contributed by atoms with Crippen LogP contribution < -0.4 is 0 Å². The van der Waals surface area contributed by atoms with E-state index in [1.54, 1.807) is 24.3 Å². The minimum Gasteiger partial charge on any atom is -0.282 e. The van der Waals surface area contributed by atoms with Gasteiger partial charge in [0.1, 0.15) is 5.82 Å². The second-order valence-corrected chi connectivity index (χ2v) is 10.9. The molecule has 7 nitrogen and oxygen atoms in total. The van der Waals surface area contributed by atoms with Gasteiger partial charge in [-0.3, -0.25) is 9.47 Å². The van der Waals surface area contributed by atoms with Crippen LogP contribution in [-0.2, 0) is 16.7 Å². The fourth-order valence-electron chi connectivity index (χ4n) is 4.00. The van der Waals surface area contributed by atoms with Crippen LogP contribution in [0.25, 0.3) is 5.69 Å². The number of piperazine rings is 1. The average Bonchev–Trinajstić information content (AvgIpc) is 3.60. The molecule has 0 radical (unpaired) electrons. The molecule has 0 atom stereocenters. The van der Waals surface area contributed by atoms with E-state index in [4.69, 9.17) is 28.9 Å². The van der Waals surface area contributed by atoms with E-state index in [9.17, 15) is 8.42 Å². The van der Waals surface area contributed by atoms with Crippen molar-refractivity contribution < 1.29 is 8.42 Å². The maximum absolute atomic E-state index is 12.9. The fraction of sp³-hybridized carbons (Fsp3) is 0.364. The zero-order chi connectivity index (χ0) is 22.3. The van der Waals surface area contributed by atoms with Crippen molar-refractivity contribution in [2.45, 2.75) is 30.3 Å². The molecule has 0 N–H and O–H groups in total. The van der Waals surface area contributed by atoms with Gasteiger partial charge < -0.3 is 0 Å². The molecule has 0 spiro atoms. The third kappa shape index (κ3) is 4.27. The predicted octanol–water partition coefficient (Wildman–Crippen LogP) is 3.90. The molecule has 1 saturated carbocycles. The van der Waals surface area contributed by atoms with Crippen molar-refractivity contribution in [3.8, 4) is 5.69 Å². The van der Waals surface area contributed by atoms with Crippen molar-refractivity contribution in [2.24, 2.45) is 0 Å². The molecule has 2 aliphatic rings.